The van der Waals surface area contributed by atoms with Crippen LogP contribution >= 0.6 is 0 Å². The van der Waals surface area contributed by atoms with Gasteiger partial charge in [-0.15, -0.1) is 0 Å². The number of carboxylic acid groups (broad SMARTS) is 1. The van der Waals surface area contributed by atoms with Gasteiger partial charge in [-0.05, 0) is 25.8 Å². The summed E-state index contributed by atoms with van der Waals surface area (Å²) in [5.74, 6) is -1.35. The topological polar surface area (TPSA) is 81.1 Å². The summed E-state index contributed by atoms with van der Waals surface area (Å²) in [5.41, 5.74) is 6.02. The van der Waals surface area contributed by atoms with Crippen molar-refractivity contribution in [3.63, 3.8) is 0 Å². The van der Waals surface area contributed by atoms with Gasteiger partial charge in [0, 0.05) is 12.7 Å². The van der Waals surface area contributed by atoms with E-state index in [0.717, 1.165) is 13.0 Å². The summed E-state index contributed by atoms with van der Waals surface area (Å²) in [6, 6.07) is 0. The van der Waals surface area contributed by atoms with Gasteiger partial charge in [0.1, 0.15) is 5.92 Å². The van der Waals surface area contributed by atoms with Gasteiger partial charge < -0.3 is 15.4 Å². The van der Waals surface area contributed by atoms with Gasteiger partial charge in [0.15, 0.2) is 0 Å². The molecule has 0 bridgehead atoms. The largest absolute Gasteiger partial charge is 0.481 e. The van der Waals surface area contributed by atoms with Crippen LogP contribution in [0.1, 0.15) is 37.8 Å². The van der Waals surface area contributed by atoms with Crippen LogP contribution in [0.4, 0.5) is 0 Å². The van der Waals surface area contributed by atoms with Gasteiger partial charge in [0.05, 0.1) is 12.0 Å². The standard InChI is InChI=1S/C11H19N3O2/c1-2-6-14-7-10(13-8-14)9(11(15)16)4-3-5-12/h7-9H,2-6,12H2,1H3,(H,15,16)/t9-/m1/s1. The van der Waals surface area contributed by atoms with Crippen molar-refractivity contribution >= 4 is 5.97 Å². The fourth-order valence-electron chi connectivity index (χ4n) is 1.66. The third-order valence-corrected chi connectivity index (χ3v) is 2.49. The van der Waals surface area contributed by atoms with Gasteiger partial charge in [-0.3, -0.25) is 4.79 Å². The van der Waals surface area contributed by atoms with E-state index >= 15 is 0 Å². The Hall–Kier alpha value is -1.36. The van der Waals surface area contributed by atoms with Crippen molar-refractivity contribution in [2.24, 2.45) is 5.73 Å². The Kier molecular flexibility index (Phi) is 4.98. The minimum Gasteiger partial charge on any atom is -0.481 e. The third kappa shape index (κ3) is 3.34. The predicted octanol–water partition coefficient (Wildman–Crippen LogP) is 1.20. The zero-order valence-electron chi connectivity index (χ0n) is 9.59. The van der Waals surface area contributed by atoms with E-state index in [9.17, 15) is 4.79 Å². The second-order valence-electron chi connectivity index (χ2n) is 3.86. The van der Waals surface area contributed by atoms with Crippen LogP contribution in [0, 0.1) is 0 Å². The maximum absolute atomic E-state index is 11.1. The number of aliphatic carboxylic acids is 1. The van der Waals surface area contributed by atoms with Crippen molar-refractivity contribution in [1.29, 1.82) is 0 Å². The molecule has 0 aliphatic carbocycles. The van der Waals surface area contributed by atoms with Crippen LogP contribution in [0.15, 0.2) is 12.5 Å². The molecule has 1 aromatic heterocycles. The van der Waals surface area contributed by atoms with Crippen molar-refractivity contribution in [1.82, 2.24) is 9.55 Å². The minimum atomic E-state index is -0.824. The van der Waals surface area contributed by atoms with Gasteiger partial charge in [-0.25, -0.2) is 4.98 Å². The Morgan fingerprint density at radius 2 is 2.44 bits per heavy atom. The van der Waals surface area contributed by atoms with Crippen LogP contribution in [-0.4, -0.2) is 27.2 Å². The summed E-state index contributed by atoms with van der Waals surface area (Å²) in [7, 11) is 0. The number of hydrogen-bond donors (Lipinski definition) is 2. The number of aromatic nitrogens is 2. The van der Waals surface area contributed by atoms with E-state index in [2.05, 4.69) is 11.9 Å². The number of nitrogens with zero attached hydrogens (tertiary/aromatic N) is 2. The molecule has 5 nitrogen and oxygen atoms in total. The lowest BCUT2D eigenvalue weighted by Gasteiger charge is -2.08. The fourth-order valence-corrected chi connectivity index (χ4v) is 1.66. The first kappa shape index (κ1) is 12.7. The molecule has 5 heteroatoms. The van der Waals surface area contributed by atoms with E-state index in [0.29, 0.717) is 25.1 Å². The molecule has 0 amide bonds. The molecule has 1 rings (SSSR count). The summed E-state index contributed by atoms with van der Waals surface area (Å²) >= 11 is 0. The summed E-state index contributed by atoms with van der Waals surface area (Å²) in [6.07, 6.45) is 5.78. The Balaban J connectivity index is 2.71. The van der Waals surface area contributed by atoms with E-state index < -0.39 is 11.9 Å². The Bertz CT molecular complexity index is 336. The van der Waals surface area contributed by atoms with E-state index in [-0.39, 0.29) is 0 Å². The Morgan fingerprint density at radius 1 is 1.69 bits per heavy atom. The number of imidazole rings is 1. The van der Waals surface area contributed by atoms with Crippen molar-refractivity contribution < 1.29 is 9.90 Å². The molecule has 0 aliphatic rings. The predicted molar refractivity (Wildman–Crippen MR) is 61.2 cm³/mol. The molecular formula is C11H19N3O2. The zero-order chi connectivity index (χ0) is 12.0. The first-order valence-electron chi connectivity index (χ1n) is 5.63. The molecule has 0 spiro atoms. The number of nitrogens with two attached hydrogens (primary N) is 1. The van der Waals surface area contributed by atoms with Gasteiger partial charge in [-0.2, -0.15) is 0 Å². The number of rotatable bonds is 7. The maximum Gasteiger partial charge on any atom is 0.312 e. The normalized spacial score (nSPS) is 12.6. The molecule has 0 aliphatic heterocycles. The monoisotopic (exact) mass is 225 g/mol. The summed E-state index contributed by atoms with van der Waals surface area (Å²) in [6.45, 7) is 3.46. The van der Waals surface area contributed by atoms with Gasteiger partial charge >= 0.3 is 5.97 Å². The molecule has 1 aromatic rings. The molecule has 0 fully saturated rings. The maximum atomic E-state index is 11.1. The summed E-state index contributed by atoms with van der Waals surface area (Å²) in [5, 5.41) is 9.10. The second kappa shape index (κ2) is 6.27. The van der Waals surface area contributed by atoms with Gasteiger partial charge in [0.25, 0.3) is 0 Å². The lowest BCUT2D eigenvalue weighted by atomic mass is 10.0. The summed E-state index contributed by atoms with van der Waals surface area (Å²) in [4.78, 5) is 15.2. The molecule has 0 saturated carbocycles. The van der Waals surface area contributed by atoms with Crippen LogP contribution in [0.5, 0.6) is 0 Å². The van der Waals surface area contributed by atoms with Crippen LogP contribution in [-0.2, 0) is 11.3 Å². The molecule has 0 radical (unpaired) electrons. The third-order valence-electron chi connectivity index (χ3n) is 2.49. The highest BCUT2D eigenvalue weighted by Gasteiger charge is 2.21. The van der Waals surface area contributed by atoms with Crippen molar-refractivity contribution in [2.75, 3.05) is 6.54 Å². The van der Waals surface area contributed by atoms with Gasteiger partial charge in [0.2, 0.25) is 0 Å². The zero-order valence-corrected chi connectivity index (χ0v) is 9.59. The minimum absolute atomic E-state index is 0.513. The van der Waals surface area contributed by atoms with E-state index in [1.807, 2.05) is 10.8 Å². The highest BCUT2D eigenvalue weighted by molar-refractivity contribution is 5.75. The molecule has 90 valence electrons. The molecule has 0 unspecified atom stereocenters. The SMILES string of the molecule is CCCn1cnc([C@@H](CCCN)C(=O)O)c1. The molecule has 3 N–H and O–H groups in total. The van der Waals surface area contributed by atoms with Crippen LogP contribution < -0.4 is 5.73 Å². The molecule has 16 heavy (non-hydrogen) atoms. The number of hydrogen-bond acceptors (Lipinski definition) is 3. The molecule has 1 atom stereocenters. The molecule has 1 heterocycles. The smallest absolute Gasteiger partial charge is 0.312 e. The van der Waals surface area contributed by atoms with Crippen molar-refractivity contribution in [2.45, 2.75) is 38.6 Å². The lowest BCUT2D eigenvalue weighted by molar-refractivity contribution is -0.139. The number of carbonyl (C=O) groups is 1. The van der Waals surface area contributed by atoms with Crippen LogP contribution in [0.2, 0.25) is 0 Å². The van der Waals surface area contributed by atoms with Crippen molar-refractivity contribution in [3.8, 4) is 0 Å². The Morgan fingerprint density at radius 3 is 3.00 bits per heavy atom. The van der Waals surface area contributed by atoms with Crippen LogP contribution in [0.25, 0.3) is 0 Å². The molecule has 0 aromatic carbocycles. The van der Waals surface area contributed by atoms with E-state index in [4.69, 9.17) is 10.8 Å². The van der Waals surface area contributed by atoms with Crippen LogP contribution in [0.3, 0.4) is 0 Å². The van der Waals surface area contributed by atoms with Gasteiger partial charge in [-0.1, -0.05) is 6.92 Å². The number of aryl methyl sites for hydroxylation is 1. The Labute approximate surface area is 95.3 Å². The lowest BCUT2D eigenvalue weighted by Crippen LogP contribution is -2.14. The number of carboxylic acids is 1. The van der Waals surface area contributed by atoms with E-state index in [1.165, 1.54) is 0 Å². The quantitative estimate of drug-likeness (QED) is 0.730. The highest BCUT2D eigenvalue weighted by Crippen LogP contribution is 2.19. The molecular weight excluding hydrogens is 206 g/mol. The average molecular weight is 225 g/mol. The first-order chi connectivity index (χ1) is 7.69. The summed E-state index contributed by atoms with van der Waals surface area (Å²) < 4.78 is 1.92. The second-order valence-corrected chi connectivity index (χ2v) is 3.86. The average Bonchev–Trinajstić information content (AvgIpc) is 2.67. The fraction of sp³-hybridized carbons (Fsp3) is 0.636. The van der Waals surface area contributed by atoms with E-state index in [1.54, 1.807) is 6.33 Å². The highest BCUT2D eigenvalue weighted by atomic mass is 16.4. The van der Waals surface area contributed by atoms with Crippen molar-refractivity contribution in [3.05, 3.63) is 18.2 Å². The first-order valence-corrected chi connectivity index (χ1v) is 5.63. The molecule has 0 saturated heterocycles.